The van der Waals surface area contributed by atoms with Crippen molar-refractivity contribution in [3.63, 3.8) is 0 Å². The monoisotopic (exact) mass is 392 g/mol. The van der Waals surface area contributed by atoms with E-state index < -0.39 is 0 Å². The van der Waals surface area contributed by atoms with Crippen molar-refractivity contribution in [3.05, 3.63) is 77.4 Å². The number of carbonyl (C=O) groups is 2. The molecule has 142 valence electrons. The first-order valence-electron chi connectivity index (χ1n) is 8.71. The fourth-order valence-electron chi connectivity index (χ4n) is 2.52. The summed E-state index contributed by atoms with van der Waals surface area (Å²) in [4.78, 5) is 24.3. The number of amides is 2. The second-order valence-corrected chi connectivity index (χ2v) is 7.23. The van der Waals surface area contributed by atoms with Crippen molar-refractivity contribution < 1.29 is 9.59 Å². The Morgan fingerprint density at radius 2 is 1.71 bits per heavy atom. The van der Waals surface area contributed by atoms with E-state index in [-0.39, 0.29) is 17.6 Å². The molecule has 0 aliphatic heterocycles. The van der Waals surface area contributed by atoms with E-state index in [0.29, 0.717) is 16.4 Å². The summed E-state index contributed by atoms with van der Waals surface area (Å²) in [5.74, 6) is 0.221. The van der Waals surface area contributed by atoms with Gasteiger partial charge in [-0.05, 0) is 49.7 Å². The van der Waals surface area contributed by atoms with Crippen LogP contribution in [0.1, 0.15) is 21.5 Å². The summed E-state index contributed by atoms with van der Waals surface area (Å²) in [6, 6.07) is 18.2. The molecule has 0 spiro atoms. The van der Waals surface area contributed by atoms with Crippen molar-refractivity contribution in [2.24, 2.45) is 0 Å². The maximum absolute atomic E-state index is 12.2. The number of hydrogen-bond donors (Lipinski definition) is 2. The highest BCUT2D eigenvalue weighted by Gasteiger charge is 2.09. The summed E-state index contributed by atoms with van der Waals surface area (Å²) >= 11 is 1.28. The highest BCUT2D eigenvalue weighted by Crippen LogP contribution is 2.19. The molecule has 0 saturated carbocycles. The molecule has 3 aromatic rings. The highest BCUT2D eigenvalue weighted by molar-refractivity contribution is 7.99. The number of hydrogen-bond acceptors (Lipinski definition) is 5. The molecule has 6 nitrogen and oxygen atoms in total. The normalized spacial score (nSPS) is 10.4. The molecule has 1 heterocycles. The molecule has 0 radical (unpaired) electrons. The molecule has 0 unspecified atom stereocenters. The van der Waals surface area contributed by atoms with Gasteiger partial charge >= 0.3 is 0 Å². The van der Waals surface area contributed by atoms with Gasteiger partial charge in [-0.2, -0.15) is 0 Å². The zero-order valence-electron chi connectivity index (χ0n) is 15.6. The Balaban J connectivity index is 1.51. The van der Waals surface area contributed by atoms with Crippen molar-refractivity contribution >= 4 is 35.1 Å². The van der Waals surface area contributed by atoms with Crippen LogP contribution in [-0.4, -0.2) is 27.8 Å². The van der Waals surface area contributed by atoms with Crippen molar-refractivity contribution in [2.45, 2.75) is 18.9 Å². The highest BCUT2D eigenvalue weighted by atomic mass is 32.2. The lowest BCUT2D eigenvalue weighted by Crippen LogP contribution is -2.15. The molecule has 0 saturated heterocycles. The molecule has 2 N–H and O–H groups in total. The minimum atomic E-state index is -0.247. The van der Waals surface area contributed by atoms with Gasteiger partial charge in [0.25, 0.3) is 5.91 Å². The van der Waals surface area contributed by atoms with Gasteiger partial charge in [0.2, 0.25) is 5.91 Å². The van der Waals surface area contributed by atoms with Gasteiger partial charge in [-0.1, -0.05) is 47.7 Å². The van der Waals surface area contributed by atoms with E-state index in [1.165, 1.54) is 11.8 Å². The minimum absolute atomic E-state index is 0.111. The van der Waals surface area contributed by atoms with Crippen LogP contribution >= 0.6 is 11.8 Å². The Kier molecular flexibility index (Phi) is 6.39. The predicted octanol–water partition coefficient (Wildman–Crippen LogP) is 4.08. The Morgan fingerprint density at radius 1 is 0.929 bits per heavy atom. The van der Waals surface area contributed by atoms with Gasteiger partial charge in [0.1, 0.15) is 5.03 Å². The van der Waals surface area contributed by atoms with E-state index in [1.807, 2.05) is 38.1 Å². The Morgan fingerprint density at radius 3 is 2.39 bits per heavy atom. The first-order valence-corrected chi connectivity index (χ1v) is 9.70. The van der Waals surface area contributed by atoms with Gasteiger partial charge < -0.3 is 10.6 Å². The number of aryl methyl sites for hydroxylation is 2. The number of nitrogens with zero attached hydrogens (tertiary/aromatic N) is 2. The molecule has 3 rings (SSSR count). The second kappa shape index (κ2) is 9.14. The summed E-state index contributed by atoms with van der Waals surface area (Å²) in [7, 11) is 0. The van der Waals surface area contributed by atoms with E-state index in [2.05, 4.69) is 20.8 Å². The maximum Gasteiger partial charge on any atom is 0.256 e. The number of benzene rings is 2. The van der Waals surface area contributed by atoms with Gasteiger partial charge in [0, 0.05) is 11.3 Å². The third kappa shape index (κ3) is 5.40. The lowest BCUT2D eigenvalue weighted by Gasteiger charge is -2.09. The molecule has 0 bridgehead atoms. The molecular formula is C21H20N4O2S. The van der Waals surface area contributed by atoms with E-state index in [0.717, 1.165) is 16.8 Å². The van der Waals surface area contributed by atoms with Gasteiger partial charge in [-0.3, -0.25) is 9.59 Å². The largest absolute Gasteiger partial charge is 0.325 e. The number of nitrogens with one attached hydrogen (secondary N) is 2. The summed E-state index contributed by atoms with van der Waals surface area (Å²) in [6.45, 7) is 3.97. The Labute approximate surface area is 167 Å². The maximum atomic E-state index is 12.2. The third-order valence-electron chi connectivity index (χ3n) is 3.92. The number of rotatable bonds is 6. The molecule has 2 amide bonds. The van der Waals surface area contributed by atoms with Gasteiger partial charge in [0.15, 0.2) is 5.82 Å². The fourth-order valence-corrected chi connectivity index (χ4v) is 3.14. The lowest BCUT2D eigenvalue weighted by molar-refractivity contribution is -0.113. The zero-order valence-corrected chi connectivity index (χ0v) is 16.4. The van der Waals surface area contributed by atoms with Crippen LogP contribution in [0.25, 0.3) is 0 Å². The van der Waals surface area contributed by atoms with Gasteiger partial charge in [-0.15, -0.1) is 10.2 Å². The third-order valence-corrected chi connectivity index (χ3v) is 4.84. The van der Waals surface area contributed by atoms with Crippen molar-refractivity contribution in [1.29, 1.82) is 0 Å². The second-order valence-electron chi connectivity index (χ2n) is 6.23. The van der Waals surface area contributed by atoms with Crippen LogP contribution < -0.4 is 10.6 Å². The Bertz CT molecular complexity index is 975. The number of carbonyl (C=O) groups excluding carboxylic acids is 2. The molecule has 0 aliphatic rings. The van der Waals surface area contributed by atoms with Crippen molar-refractivity contribution in [3.8, 4) is 0 Å². The molecule has 0 aliphatic carbocycles. The topological polar surface area (TPSA) is 84.0 Å². The lowest BCUT2D eigenvalue weighted by atomic mass is 10.1. The van der Waals surface area contributed by atoms with Crippen LogP contribution in [0.5, 0.6) is 0 Å². The average molecular weight is 392 g/mol. The van der Waals surface area contributed by atoms with E-state index in [1.54, 1.807) is 36.4 Å². The van der Waals surface area contributed by atoms with Crippen LogP contribution in [0.3, 0.4) is 0 Å². The van der Waals surface area contributed by atoms with Crippen LogP contribution in [0.4, 0.5) is 11.5 Å². The van der Waals surface area contributed by atoms with Crippen LogP contribution in [-0.2, 0) is 4.79 Å². The molecule has 1 aromatic heterocycles. The van der Waals surface area contributed by atoms with E-state index in [9.17, 15) is 9.59 Å². The zero-order chi connectivity index (χ0) is 19.9. The number of aromatic nitrogens is 2. The summed E-state index contributed by atoms with van der Waals surface area (Å²) in [5, 5.41) is 14.2. The van der Waals surface area contributed by atoms with Crippen LogP contribution in [0, 0.1) is 13.8 Å². The summed E-state index contributed by atoms with van der Waals surface area (Å²) < 4.78 is 0. The van der Waals surface area contributed by atoms with Gasteiger partial charge in [0.05, 0.1) is 5.75 Å². The van der Waals surface area contributed by atoms with Gasteiger partial charge in [-0.25, -0.2) is 0 Å². The SMILES string of the molecule is Cc1ccc(NC(=O)CSc2ccc(NC(=O)c3ccccc3)nn2)c(C)c1. The van der Waals surface area contributed by atoms with Crippen molar-refractivity contribution in [1.82, 2.24) is 10.2 Å². The first kappa shape index (κ1) is 19.6. The number of thioether (sulfide) groups is 1. The Hall–Kier alpha value is -3.19. The fraction of sp³-hybridized carbons (Fsp3) is 0.143. The molecule has 2 aromatic carbocycles. The summed E-state index contributed by atoms with van der Waals surface area (Å²) in [5.41, 5.74) is 3.53. The molecule has 28 heavy (non-hydrogen) atoms. The molecular weight excluding hydrogens is 372 g/mol. The molecule has 0 fully saturated rings. The standard InChI is InChI=1S/C21H20N4O2S/c1-14-8-9-17(15(2)12-14)22-19(26)13-28-20-11-10-18(24-25-20)23-21(27)16-6-4-3-5-7-16/h3-12H,13H2,1-2H3,(H,22,26)(H,23,24,27). The quantitative estimate of drug-likeness (QED) is 0.618. The number of anilines is 2. The summed E-state index contributed by atoms with van der Waals surface area (Å²) in [6.07, 6.45) is 0. The minimum Gasteiger partial charge on any atom is -0.325 e. The van der Waals surface area contributed by atoms with Crippen LogP contribution in [0.2, 0.25) is 0 Å². The molecule has 0 atom stereocenters. The smallest absolute Gasteiger partial charge is 0.256 e. The average Bonchev–Trinajstić information content (AvgIpc) is 2.70. The van der Waals surface area contributed by atoms with Crippen molar-refractivity contribution in [2.75, 3.05) is 16.4 Å². The molecule has 7 heteroatoms. The predicted molar refractivity (Wildman–Crippen MR) is 112 cm³/mol. The van der Waals surface area contributed by atoms with Crippen LogP contribution in [0.15, 0.2) is 65.7 Å². The van der Waals surface area contributed by atoms with E-state index >= 15 is 0 Å². The first-order chi connectivity index (χ1) is 13.5. The van der Waals surface area contributed by atoms with E-state index in [4.69, 9.17) is 0 Å².